The van der Waals surface area contributed by atoms with Crippen molar-refractivity contribution in [2.24, 2.45) is 0 Å². The second-order valence-corrected chi connectivity index (χ2v) is 6.34. The van der Waals surface area contributed by atoms with E-state index < -0.39 is 5.82 Å². The van der Waals surface area contributed by atoms with E-state index in [9.17, 15) is 4.39 Å². The van der Waals surface area contributed by atoms with Gasteiger partial charge in [0.05, 0.1) is 21.8 Å². The van der Waals surface area contributed by atoms with E-state index in [0.717, 1.165) is 10.7 Å². The van der Waals surface area contributed by atoms with Gasteiger partial charge in [-0.25, -0.2) is 9.37 Å². The van der Waals surface area contributed by atoms with Gasteiger partial charge in [-0.1, -0.05) is 24.6 Å². The Labute approximate surface area is 129 Å². The predicted molar refractivity (Wildman–Crippen MR) is 81.5 cm³/mol. The van der Waals surface area contributed by atoms with E-state index in [4.69, 9.17) is 11.6 Å². The van der Waals surface area contributed by atoms with Crippen LogP contribution in [0.25, 0.3) is 0 Å². The monoisotopic (exact) mass is 362 g/mol. The van der Waals surface area contributed by atoms with E-state index in [1.165, 1.54) is 0 Å². The number of halogens is 3. The zero-order valence-electron chi connectivity index (χ0n) is 10.5. The first kappa shape index (κ1) is 14.9. The van der Waals surface area contributed by atoms with Crippen LogP contribution in [0.1, 0.15) is 29.2 Å². The molecule has 0 spiro atoms. The lowest BCUT2D eigenvalue weighted by Gasteiger charge is -2.18. The van der Waals surface area contributed by atoms with Crippen molar-refractivity contribution < 1.29 is 4.39 Å². The lowest BCUT2D eigenvalue weighted by atomic mass is 10.0. The molecular weight excluding hydrogens is 351 g/mol. The van der Waals surface area contributed by atoms with Gasteiger partial charge in [0.15, 0.2) is 0 Å². The van der Waals surface area contributed by atoms with Crippen LogP contribution in [0.5, 0.6) is 0 Å². The van der Waals surface area contributed by atoms with Gasteiger partial charge >= 0.3 is 0 Å². The highest BCUT2D eigenvalue weighted by molar-refractivity contribution is 9.10. The Kier molecular flexibility index (Phi) is 4.95. The fourth-order valence-corrected chi connectivity index (χ4v) is 2.97. The first-order valence-electron chi connectivity index (χ1n) is 5.83. The average molecular weight is 364 g/mol. The van der Waals surface area contributed by atoms with Crippen molar-refractivity contribution >= 4 is 38.9 Å². The third kappa shape index (κ3) is 3.16. The minimum Gasteiger partial charge on any atom is -0.305 e. The third-order valence-corrected chi connectivity index (χ3v) is 4.77. The average Bonchev–Trinajstić information content (AvgIpc) is 2.81. The normalized spacial score (nSPS) is 12.7. The van der Waals surface area contributed by atoms with Crippen LogP contribution >= 0.6 is 38.9 Å². The van der Waals surface area contributed by atoms with Gasteiger partial charge in [0.2, 0.25) is 0 Å². The highest BCUT2D eigenvalue weighted by Crippen LogP contribution is 2.33. The van der Waals surface area contributed by atoms with Gasteiger partial charge in [-0.2, -0.15) is 0 Å². The number of hydrogen-bond acceptors (Lipinski definition) is 3. The smallest absolute Gasteiger partial charge is 0.148 e. The Morgan fingerprint density at radius 2 is 2.26 bits per heavy atom. The molecule has 2 nitrogen and oxygen atoms in total. The molecule has 102 valence electrons. The number of thiazole rings is 1. The molecule has 0 fully saturated rings. The van der Waals surface area contributed by atoms with Crippen molar-refractivity contribution in [1.29, 1.82) is 0 Å². The van der Waals surface area contributed by atoms with E-state index in [2.05, 4.69) is 26.2 Å². The number of benzene rings is 1. The van der Waals surface area contributed by atoms with Crippen LogP contribution in [0, 0.1) is 12.7 Å². The summed E-state index contributed by atoms with van der Waals surface area (Å²) in [7, 11) is 0. The molecule has 1 unspecified atom stereocenters. The van der Waals surface area contributed by atoms with Crippen molar-refractivity contribution in [2.45, 2.75) is 19.9 Å². The Morgan fingerprint density at radius 1 is 1.53 bits per heavy atom. The van der Waals surface area contributed by atoms with Crippen LogP contribution < -0.4 is 5.32 Å². The van der Waals surface area contributed by atoms with Gasteiger partial charge in [-0.15, -0.1) is 11.3 Å². The van der Waals surface area contributed by atoms with Gasteiger partial charge in [0.25, 0.3) is 0 Å². The molecule has 19 heavy (non-hydrogen) atoms. The standard InChI is InChI=1S/C13H13BrClFN2S/c1-3-17-13(10-6-19-7(2)18-10)8-4-5-9(14)11(15)12(8)16/h4-6,13,17H,3H2,1-2H3. The molecular formula is C13H13BrClFN2S. The molecule has 0 aliphatic heterocycles. The molecule has 1 aromatic carbocycles. The summed E-state index contributed by atoms with van der Waals surface area (Å²) in [4.78, 5) is 4.43. The maximum absolute atomic E-state index is 14.3. The molecule has 0 aliphatic carbocycles. The summed E-state index contributed by atoms with van der Waals surface area (Å²) in [6.45, 7) is 4.63. The molecule has 1 aromatic heterocycles. The number of nitrogens with one attached hydrogen (secondary N) is 1. The van der Waals surface area contributed by atoms with Crippen LogP contribution in [0.15, 0.2) is 22.0 Å². The van der Waals surface area contributed by atoms with Crippen LogP contribution in [0.2, 0.25) is 5.02 Å². The van der Waals surface area contributed by atoms with E-state index in [1.54, 1.807) is 23.5 Å². The number of rotatable bonds is 4. The molecule has 0 saturated carbocycles. The van der Waals surface area contributed by atoms with Gasteiger partial charge in [0, 0.05) is 15.4 Å². The molecule has 1 N–H and O–H groups in total. The number of nitrogens with zero attached hydrogens (tertiary/aromatic N) is 1. The molecule has 2 rings (SSSR count). The maximum Gasteiger partial charge on any atom is 0.148 e. The fourth-order valence-electron chi connectivity index (χ4n) is 1.85. The SMILES string of the molecule is CCNC(c1csc(C)n1)c1ccc(Br)c(Cl)c1F. The first-order chi connectivity index (χ1) is 9.04. The molecule has 1 heterocycles. The molecule has 0 bridgehead atoms. The Hall–Kier alpha value is -0.490. The summed E-state index contributed by atoms with van der Waals surface area (Å²) in [6.07, 6.45) is 0. The van der Waals surface area contributed by atoms with E-state index in [1.807, 2.05) is 19.2 Å². The Bertz CT molecular complexity index is 588. The third-order valence-electron chi connectivity index (χ3n) is 2.72. The van der Waals surface area contributed by atoms with Crippen molar-refractivity contribution in [3.05, 3.63) is 49.1 Å². The van der Waals surface area contributed by atoms with E-state index >= 15 is 0 Å². The predicted octanol–water partition coefficient (Wildman–Crippen LogP) is 4.71. The summed E-state index contributed by atoms with van der Waals surface area (Å²) >= 11 is 10.7. The van der Waals surface area contributed by atoms with E-state index in [0.29, 0.717) is 16.6 Å². The molecule has 0 saturated heterocycles. The minimum absolute atomic E-state index is 0.104. The van der Waals surface area contributed by atoms with Crippen molar-refractivity contribution in [3.63, 3.8) is 0 Å². The van der Waals surface area contributed by atoms with Crippen molar-refractivity contribution in [2.75, 3.05) is 6.54 Å². The van der Waals surface area contributed by atoms with Crippen molar-refractivity contribution in [1.82, 2.24) is 10.3 Å². The van der Waals surface area contributed by atoms with E-state index in [-0.39, 0.29) is 11.1 Å². The van der Waals surface area contributed by atoms with Gasteiger partial charge < -0.3 is 5.32 Å². The van der Waals surface area contributed by atoms with Gasteiger partial charge in [-0.05, 0) is 35.5 Å². The molecule has 2 aromatic rings. The van der Waals surface area contributed by atoms with Crippen molar-refractivity contribution in [3.8, 4) is 0 Å². The summed E-state index contributed by atoms with van der Waals surface area (Å²) in [5.74, 6) is -0.410. The van der Waals surface area contributed by atoms with Gasteiger partial charge in [-0.3, -0.25) is 0 Å². The summed E-state index contributed by atoms with van der Waals surface area (Å²) in [6, 6.07) is 3.21. The molecule has 0 amide bonds. The van der Waals surface area contributed by atoms with Crippen LogP contribution in [0.3, 0.4) is 0 Å². The molecule has 0 radical (unpaired) electrons. The number of aryl methyl sites for hydroxylation is 1. The van der Waals surface area contributed by atoms with Crippen LogP contribution in [0.4, 0.5) is 4.39 Å². The second kappa shape index (κ2) is 6.31. The molecule has 6 heteroatoms. The lowest BCUT2D eigenvalue weighted by molar-refractivity contribution is 0.553. The summed E-state index contributed by atoms with van der Waals surface area (Å²) in [5, 5.41) is 6.25. The van der Waals surface area contributed by atoms with Gasteiger partial charge in [0.1, 0.15) is 5.82 Å². The molecule has 0 aliphatic rings. The Balaban J connectivity index is 2.48. The number of hydrogen-bond donors (Lipinski definition) is 1. The van der Waals surface area contributed by atoms with Crippen LogP contribution in [-0.2, 0) is 0 Å². The Morgan fingerprint density at radius 3 is 2.84 bits per heavy atom. The summed E-state index contributed by atoms with van der Waals surface area (Å²) in [5.41, 5.74) is 1.34. The largest absolute Gasteiger partial charge is 0.305 e. The molecule has 1 atom stereocenters. The van der Waals surface area contributed by atoms with Crippen LogP contribution in [-0.4, -0.2) is 11.5 Å². The zero-order valence-corrected chi connectivity index (χ0v) is 13.7. The lowest BCUT2D eigenvalue weighted by Crippen LogP contribution is -2.23. The topological polar surface area (TPSA) is 24.9 Å². The maximum atomic E-state index is 14.3. The second-order valence-electron chi connectivity index (χ2n) is 4.05. The minimum atomic E-state index is -0.410. The summed E-state index contributed by atoms with van der Waals surface area (Å²) < 4.78 is 14.9. The highest BCUT2D eigenvalue weighted by Gasteiger charge is 2.21. The zero-order chi connectivity index (χ0) is 14.0. The quantitative estimate of drug-likeness (QED) is 0.796. The highest BCUT2D eigenvalue weighted by atomic mass is 79.9. The fraction of sp³-hybridized carbons (Fsp3) is 0.308. The first-order valence-corrected chi connectivity index (χ1v) is 7.88. The number of aromatic nitrogens is 1.